The number of anilines is 1. The lowest BCUT2D eigenvalue weighted by atomic mass is 9.98. The minimum Gasteiger partial charge on any atom is -0.481 e. The van der Waals surface area contributed by atoms with Gasteiger partial charge in [0.1, 0.15) is 12.4 Å². The Morgan fingerprint density at radius 1 is 1.03 bits per heavy atom. The molecule has 8 heteroatoms. The fourth-order valence-electron chi connectivity index (χ4n) is 4.30. The van der Waals surface area contributed by atoms with E-state index in [0.717, 1.165) is 33.2 Å². The van der Waals surface area contributed by atoms with Gasteiger partial charge in [0.2, 0.25) is 0 Å². The van der Waals surface area contributed by atoms with Crippen molar-refractivity contribution < 1.29 is 28.6 Å². The predicted molar refractivity (Wildman–Crippen MR) is 129 cm³/mol. The summed E-state index contributed by atoms with van der Waals surface area (Å²) in [4.78, 5) is 37.4. The Bertz CT molecular complexity index is 1250. The molecule has 180 valence electrons. The van der Waals surface area contributed by atoms with Crippen LogP contribution < -0.4 is 5.32 Å². The molecule has 0 bridgehead atoms. The highest BCUT2D eigenvalue weighted by Gasteiger charge is 2.29. The van der Waals surface area contributed by atoms with E-state index in [1.54, 1.807) is 0 Å². The Labute approximate surface area is 202 Å². The van der Waals surface area contributed by atoms with Crippen LogP contribution in [0.15, 0.2) is 66.7 Å². The average molecular weight is 477 g/mol. The maximum atomic E-state index is 14.3. The molecule has 0 radical (unpaired) electrons. The summed E-state index contributed by atoms with van der Waals surface area (Å²) in [5.74, 6) is -3.44. The lowest BCUT2D eigenvalue weighted by molar-refractivity contribution is -0.141. The fraction of sp³-hybridized carbons (Fsp3) is 0.222. The van der Waals surface area contributed by atoms with Crippen LogP contribution in [0.5, 0.6) is 0 Å². The molecule has 0 aliphatic heterocycles. The zero-order valence-corrected chi connectivity index (χ0v) is 19.3. The second-order valence-corrected chi connectivity index (χ2v) is 8.57. The molecule has 1 unspecified atom stereocenters. The number of nitrogens with one attached hydrogen (secondary N) is 1. The van der Waals surface area contributed by atoms with E-state index in [1.165, 1.54) is 26.1 Å². The van der Waals surface area contributed by atoms with Crippen LogP contribution in [0.4, 0.5) is 14.9 Å². The number of carboxylic acids is 1. The fourth-order valence-corrected chi connectivity index (χ4v) is 4.30. The van der Waals surface area contributed by atoms with E-state index in [-0.39, 0.29) is 30.3 Å². The molecule has 0 aromatic heterocycles. The third-order valence-electron chi connectivity index (χ3n) is 6.10. The van der Waals surface area contributed by atoms with Crippen LogP contribution in [0.3, 0.4) is 0 Å². The first-order chi connectivity index (χ1) is 16.8. The van der Waals surface area contributed by atoms with E-state index in [9.17, 15) is 18.8 Å². The Kier molecular flexibility index (Phi) is 6.82. The van der Waals surface area contributed by atoms with Crippen molar-refractivity contribution in [2.45, 2.75) is 12.8 Å². The molecule has 1 aliphatic rings. The number of nitrogens with zero attached hydrogens (tertiary/aromatic N) is 1. The number of amides is 2. The van der Waals surface area contributed by atoms with E-state index in [2.05, 4.69) is 5.32 Å². The predicted octanol–water partition coefficient (Wildman–Crippen LogP) is 4.98. The number of aliphatic carboxylic acids is 1. The van der Waals surface area contributed by atoms with Crippen molar-refractivity contribution in [2.24, 2.45) is 5.92 Å². The molecular weight excluding hydrogens is 451 g/mol. The van der Waals surface area contributed by atoms with Gasteiger partial charge in [0.05, 0.1) is 11.5 Å². The molecule has 0 saturated heterocycles. The number of carbonyl (C=O) groups is 3. The van der Waals surface area contributed by atoms with E-state index in [1.807, 2.05) is 48.5 Å². The summed E-state index contributed by atoms with van der Waals surface area (Å²) in [5.41, 5.74) is 4.29. The van der Waals surface area contributed by atoms with Gasteiger partial charge in [0, 0.05) is 25.2 Å². The van der Waals surface area contributed by atoms with Gasteiger partial charge >= 0.3 is 12.1 Å². The molecule has 4 rings (SSSR count). The number of hydrogen-bond acceptors (Lipinski definition) is 4. The van der Waals surface area contributed by atoms with Crippen molar-refractivity contribution in [1.29, 1.82) is 0 Å². The zero-order chi connectivity index (χ0) is 25.1. The minimum absolute atomic E-state index is 0.0857. The number of rotatable bonds is 7. The third kappa shape index (κ3) is 5.01. The van der Waals surface area contributed by atoms with Gasteiger partial charge < -0.3 is 14.7 Å². The number of ether oxygens (including phenoxy) is 1. The Morgan fingerprint density at radius 2 is 1.63 bits per heavy atom. The highest BCUT2D eigenvalue weighted by atomic mass is 19.1. The number of hydrogen-bond donors (Lipinski definition) is 2. The van der Waals surface area contributed by atoms with Crippen LogP contribution in [0.1, 0.15) is 34.3 Å². The normalized spacial score (nSPS) is 12.9. The van der Waals surface area contributed by atoms with Crippen LogP contribution in [-0.2, 0) is 9.53 Å². The number of fused-ring (bicyclic) bond motifs is 3. The second-order valence-electron chi connectivity index (χ2n) is 8.57. The summed E-state index contributed by atoms with van der Waals surface area (Å²) in [6, 6.07) is 19.6. The maximum absolute atomic E-state index is 14.3. The molecule has 1 aliphatic carbocycles. The highest BCUT2D eigenvalue weighted by Crippen LogP contribution is 2.44. The topological polar surface area (TPSA) is 95.9 Å². The van der Waals surface area contributed by atoms with Crippen LogP contribution in [0.2, 0.25) is 0 Å². The molecule has 2 amide bonds. The van der Waals surface area contributed by atoms with Gasteiger partial charge in [-0.3, -0.25) is 14.9 Å². The molecule has 0 spiro atoms. The first kappa shape index (κ1) is 23.9. The summed E-state index contributed by atoms with van der Waals surface area (Å²) in [6.45, 7) is 1.48. The minimum atomic E-state index is -1.06. The molecule has 35 heavy (non-hydrogen) atoms. The van der Waals surface area contributed by atoms with Gasteiger partial charge in [-0.1, -0.05) is 55.5 Å². The quantitative estimate of drug-likeness (QED) is 0.502. The number of carbonyl (C=O) groups excluding carboxylic acids is 2. The highest BCUT2D eigenvalue weighted by molar-refractivity contribution is 5.96. The van der Waals surface area contributed by atoms with Crippen LogP contribution >= 0.6 is 0 Å². The average Bonchev–Trinajstić information content (AvgIpc) is 3.17. The van der Waals surface area contributed by atoms with Crippen molar-refractivity contribution in [1.82, 2.24) is 4.90 Å². The van der Waals surface area contributed by atoms with E-state index in [4.69, 9.17) is 9.84 Å². The van der Waals surface area contributed by atoms with Crippen LogP contribution in [0.25, 0.3) is 11.1 Å². The molecule has 2 N–H and O–H groups in total. The van der Waals surface area contributed by atoms with Gasteiger partial charge in [0.25, 0.3) is 5.91 Å². The summed E-state index contributed by atoms with van der Waals surface area (Å²) >= 11 is 0. The molecule has 3 aromatic carbocycles. The van der Waals surface area contributed by atoms with Crippen molar-refractivity contribution >= 4 is 23.7 Å². The SMILES string of the molecule is CC(CN(C)C(=O)c1cc(NC(=O)OCC2c3ccccc3-c3ccccc32)ccc1F)C(=O)O. The summed E-state index contributed by atoms with van der Waals surface area (Å²) < 4.78 is 19.8. The number of halogens is 1. The summed E-state index contributed by atoms with van der Waals surface area (Å²) in [6.07, 6.45) is -0.732. The van der Waals surface area contributed by atoms with Crippen LogP contribution in [0, 0.1) is 11.7 Å². The summed E-state index contributed by atoms with van der Waals surface area (Å²) in [7, 11) is 1.40. The van der Waals surface area contributed by atoms with Crippen molar-refractivity contribution in [3.63, 3.8) is 0 Å². The maximum Gasteiger partial charge on any atom is 0.411 e. The first-order valence-electron chi connectivity index (χ1n) is 11.2. The largest absolute Gasteiger partial charge is 0.481 e. The van der Waals surface area contributed by atoms with Crippen LogP contribution in [-0.4, -0.2) is 48.2 Å². The van der Waals surface area contributed by atoms with Gasteiger partial charge in [-0.15, -0.1) is 0 Å². The van der Waals surface area contributed by atoms with E-state index < -0.39 is 29.7 Å². The van der Waals surface area contributed by atoms with Crippen molar-refractivity contribution in [3.8, 4) is 11.1 Å². The second kappa shape index (κ2) is 9.97. The van der Waals surface area contributed by atoms with E-state index >= 15 is 0 Å². The Morgan fingerprint density at radius 3 is 2.23 bits per heavy atom. The molecule has 0 heterocycles. The Hall–Kier alpha value is -4.20. The van der Waals surface area contributed by atoms with Gasteiger partial charge in [-0.05, 0) is 40.5 Å². The molecule has 1 atom stereocenters. The van der Waals surface area contributed by atoms with E-state index in [0.29, 0.717) is 0 Å². The molecular formula is C27H25FN2O5. The van der Waals surface area contributed by atoms with Gasteiger partial charge in [0.15, 0.2) is 0 Å². The third-order valence-corrected chi connectivity index (χ3v) is 6.10. The lowest BCUT2D eigenvalue weighted by Crippen LogP contribution is -2.34. The molecule has 7 nitrogen and oxygen atoms in total. The van der Waals surface area contributed by atoms with Crippen molar-refractivity contribution in [2.75, 3.05) is 25.5 Å². The van der Waals surface area contributed by atoms with Gasteiger partial charge in [-0.2, -0.15) is 0 Å². The molecule has 0 saturated carbocycles. The standard InChI is InChI=1S/C27H25FN2O5/c1-16(26(32)33)14-30(2)25(31)22-13-17(11-12-24(22)28)29-27(34)35-15-23-20-9-5-3-7-18(20)19-8-4-6-10-21(19)23/h3-13,16,23H,14-15H2,1-2H3,(H,29,34)(H,32,33). The Balaban J connectivity index is 1.43. The lowest BCUT2D eigenvalue weighted by Gasteiger charge is -2.20. The molecule has 3 aromatic rings. The number of benzene rings is 3. The number of carboxylic acid groups (broad SMARTS) is 1. The molecule has 0 fully saturated rings. The first-order valence-corrected chi connectivity index (χ1v) is 11.2. The zero-order valence-electron chi connectivity index (χ0n) is 19.3. The monoisotopic (exact) mass is 476 g/mol. The van der Waals surface area contributed by atoms with Crippen molar-refractivity contribution in [3.05, 3.63) is 89.2 Å². The van der Waals surface area contributed by atoms with Gasteiger partial charge in [-0.25, -0.2) is 9.18 Å². The summed E-state index contributed by atoms with van der Waals surface area (Å²) in [5, 5.41) is 11.6. The smallest absolute Gasteiger partial charge is 0.411 e.